The molecule has 0 unspecified atom stereocenters. The van der Waals surface area contributed by atoms with E-state index in [1.54, 1.807) is 42.5 Å². The molecule has 0 spiro atoms. The van der Waals surface area contributed by atoms with Crippen molar-refractivity contribution in [1.29, 1.82) is 0 Å². The highest BCUT2D eigenvalue weighted by Gasteiger charge is 2.20. The van der Waals surface area contributed by atoms with Crippen LogP contribution in [-0.4, -0.2) is 27.1 Å². The van der Waals surface area contributed by atoms with Crippen molar-refractivity contribution in [2.24, 2.45) is 5.92 Å². The van der Waals surface area contributed by atoms with Gasteiger partial charge in [-0.15, -0.1) is 0 Å². The van der Waals surface area contributed by atoms with Crippen LogP contribution in [0.4, 0.5) is 5.69 Å². The number of nitrogens with zero attached hydrogens (tertiary/aromatic N) is 1. The number of anilines is 1. The lowest BCUT2D eigenvalue weighted by Crippen LogP contribution is -2.30. The van der Waals surface area contributed by atoms with E-state index in [0.717, 1.165) is 30.4 Å². The van der Waals surface area contributed by atoms with E-state index in [1.165, 1.54) is 17.0 Å². The highest BCUT2D eigenvalue weighted by Crippen LogP contribution is 2.27. The molecule has 0 bridgehead atoms. The first-order valence-corrected chi connectivity index (χ1v) is 13.0. The molecule has 2 aromatic carbocycles. The minimum Gasteiger partial charge on any atom is -0.352 e. The highest BCUT2D eigenvalue weighted by molar-refractivity contribution is 7.92. The quantitative estimate of drug-likeness (QED) is 0.473. The molecule has 1 N–H and O–H groups in total. The monoisotopic (exact) mass is 464 g/mol. The largest absolute Gasteiger partial charge is 0.352 e. The van der Waals surface area contributed by atoms with E-state index >= 15 is 0 Å². The van der Waals surface area contributed by atoms with E-state index in [4.69, 9.17) is 11.6 Å². The van der Waals surface area contributed by atoms with Crippen LogP contribution in [0.1, 0.15) is 61.0 Å². The highest BCUT2D eigenvalue weighted by atomic mass is 35.5. The van der Waals surface area contributed by atoms with Crippen LogP contribution in [-0.2, 0) is 16.6 Å². The van der Waals surface area contributed by atoms with Crippen molar-refractivity contribution in [3.05, 3.63) is 64.2 Å². The summed E-state index contributed by atoms with van der Waals surface area (Å²) in [4.78, 5) is 12.5. The Kier molecular flexibility index (Phi) is 9.38. The van der Waals surface area contributed by atoms with Gasteiger partial charge in [-0.25, -0.2) is 8.42 Å². The second-order valence-corrected chi connectivity index (χ2v) is 10.4. The van der Waals surface area contributed by atoms with Crippen LogP contribution in [0.3, 0.4) is 0 Å². The second-order valence-electron chi connectivity index (χ2n) is 8.02. The van der Waals surface area contributed by atoms with E-state index in [2.05, 4.69) is 19.2 Å². The number of rotatable bonds is 11. The predicted molar refractivity (Wildman–Crippen MR) is 129 cm³/mol. The zero-order valence-electron chi connectivity index (χ0n) is 18.8. The van der Waals surface area contributed by atoms with Crippen LogP contribution < -0.4 is 9.62 Å². The summed E-state index contributed by atoms with van der Waals surface area (Å²) in [5, 5.41) is 3.58. The van der Waals surface area contributed by atoms with Crippen molar-refractivity contribution < 1.29 is 13.2 Å². The molecule has 0 aliphatic carbocycles. The number of hydrogen-bond donors (Lipinski definition) is 1. The summed E-state index contributed by atoms with van der Waals surface area (Å²) in [6.07, 6.45) is 5.69. The number of halogens is 1. The molecule has 5 nitrogen and oxygen atoms in total. The number of hydrogen-bond acceptors (Lipinski definition) is 3. The van der Waals surface area contributed by atoms with Crippen molar-refractivity contribution in [3.8, 4) is 0 Å². The Bertz CT molecular complexity index is 975. The molecule has 0 saturated carbocycles. The van der Waals surface area contributed by atoms with Crippen LogP contribution >= 0.6 is 11.6 Å². The van der Waals surface area contributed by atoms with E-state index < -0.39 is 10.0 Å². The number of aryl methyl sites for hydroxylation is 1. The van der Waals surface area contributed by atoms with E-state index in [1.807, 2.05) is 6.92 Å². The molecule has 2 aromatic rings. The summed E-state index contributed by atoms with van der Waals surface area (Å²) in [6.45, 7) is 7.01. The van der Waals surface area contributed by atoms with Crippen molar-refractivity contribution >= 4 is 33.2 Å². The molecule has 0 fully saturated rings. The molecule has 1 amide bonds. The first kappa shape index (κ1) is 25.2. The van der Waals surface area contributed by atoms with Gasteiger partial charge >= 0.3 is 0 Å². The molecule has 1 atom stereocenters. The third kappa shape index (κ3) is 7.54. The summed E-state index contributed by atoms with van der Waals surface area (Å²) in [7, 11) is -3.50. The maximum atomic E-state index is 12.5. The normalized spacial score (nSPS) is 12.4. The Morgan fingerprint density at radius 2 is 1.81 bits per heavy atom. The number of benzene rings is 2. The molecular formula is C24H33ClN2O3S. The van der Waals surface area contributed by atoms with Crippen molar-refractivity contribution in [2.75, 3.05) is 17.1 Å². The van der Waals surface area contributed by atoms with Crippen molar-refractivity contribution in [3.63, 3.8) is 0 Å². The fraction of sp³-hybridized carbons (Fsp3) is 0.458. The minimum atomic E-state index is -3.50. The van der Waals surface area contributed by atoms with Gasteiger partial charge in [0.1, 0.15) is 0 Å². The van der Waals surface area contributed by atoms with Crippen molar-refractivity contribution in [1.82, 2.24) is 5.32 Å². The summed E-state index contributed by atoms with van der Waals surface area (Å²) in [5.41, 5.74) is 2.74. The van der Waals surface area contributed by atoms with E-state index in [0.29, 0.717) is 28.7 Å². The zero-order chi connectivity index (χ0) is 23.0. The third-order valence-electron chi connectivity index (χ3n) is 5.46. The number of carbonyl (C=O) groups excluding carboxylic acids is 1. The number of sulfonamides is 1. The first-order valence-electron chi connectivity index (χ1n) is 10.8. The summed E-state index contributed by atoms with van der Waals surface area (Å²) in [6, 6.07) is 12.2. The summed E-state index contributed by atoms with van der Waals surface area (Å²) in [5.74, 6) is 0.393. The lowest BCUT2D eigenvalue weighted by Gasteiger charge is -2.24. The molecule has 7 heteroatoms. The van der Waals surface area contributed by atoms with Gasteiger partial charge in [0.25, 0.3) is 5.91 Å². The Morgan fingerprint density at radius 3 is 2.35 bits per heavy atom. The molecule has 0 aliphatic heterocycles. The summed E-state index contributed by atoms with van der Waals surface area (Å²) >= 11 is 6.02. The lowest BCUT2D eigenvalue weighted by atomic mass is 9.99. The van der Waals surface area contributed by atoms with Gasteiger partial charge in [-0.05, 0) is 60.7 Å². The molecule has 0 aliphatic rings. The molecule has 0 heterocycles. The molecule has 31 heavy (non-hydrogen) atoms. The van der Waals surface area contributed by atoms with Crippen LogP contribution in [0.2, 0.25) is 5.02 Å². The standard InChI is InChI=1S/C24H33ClN2O3S/c1-5-7-8-19(6-2)16-26-24(28)21-11-9-20(10-12-21)17-27(31(4,29)30)23-14-13-22(25)15-18(23)3/h9-15,19H,5-8,16-17H2,1-4H3,(H,26,28)/t19-/m1/s1. The second kappa shape index (κ2) is 11.5. The Hall–Kier alpha value is -2.05. The van der Waals surface area contributed by atoms with Gasteiger partial charge < -0.3 is 5.32 Å². The van der Waals surface area contributed by atoms with E-state index in [-0.39, 0.29) is 12.5 Å². The smallest absolute Gasteiger partial charge is 0.251 e. The maximum Gasteiger partial charge on any atom is 0.251 e. The van der Waals surface area contributed by atoms with Gasteiger partial charge in [0, 0.05) is 17.1 Å². The number of nitrogens with one attached hydrogen (secondary N) is 1. The van der Waals surface area contributed by atoms with Gasteiger partial charge in [0.2, 0.25) is 10.0 Å². The van der Waals surface area contributed by atoms with Gasteiger partial charge in [-0.3, -0.25) is 9.10 Å². The molecular weight excluding hydrogens is 432 g/mol. The van der Waals surface area contributed by atoms with Gasteiger partial charge in [0.15, 0.2) is 0 Å². The Morgan fingerprint density at radius 1 is 1.13 bits per heavy atom. The van der Waals surface area contributed by atoms with Gasteiger partial charge in [0.05, 0.1) is 18.5 Å². The van der Waals surface area contributed by atoms with Gasteiger partial charge in [-0.2, -0.15) is 0 Å². The SMILES string of the molecule is CCCC[C@@H](CC)CNC(=O)c1ccc(CN(c2ccc(Cl)cc2C)S(C)(=O)=O)cc1. The molecule has 170 valence electrons. The molecule has 0 saturated heterocycles. The van der Waals surface area contributed by atoms with Crippen LogP contribution in [0.5, 0.6) is 0 Å². The fourth-order valence-corrected chi connectivity index (χ4v) is 4.66. The number of amides is 1. The van der Waals surface area contributed by atoms with E-state index in [9.17, 15) is 13.2 Å². The zero-order valence-corrected chi connectivity index (χ0v) is 20.4. The average molecular weight is 465 g/mol. The van der Waals surface area contributed by atoms with Crippen LogP contribution in [0.25, 0.3) is 0 Å². The maximum absolute atomic E-state index is 12.5. The fourth-order valence-electron chi connectivity index (χ4n) is 3.49. The molecule has 2 rings (SSSR count). The Labute approximate surface area is 191 Å². The molecule has 0 aromatic heterocycles. The van der Waals surface area contributed by atoms with Crippen LogP contribution in [0.15, 0.2) is 42.5 Å². The molecule has 0 radical (unpaired) electrons. The van der Waals surface area contributed by atoms with Crippen molar-refractivity contribution in [2.45, 2.75) is 53.0 Å². The summed E-state index contributed by atoms with van der Waals surface area (Å²) < 4.78 is 26.2. The predicted octanol–water partition coefficient (Wildman–Crippen LogP) is 5.56. The number of unbranched alkanes of at least 4 members (excludes halogenated alkanes) is 1. The topological polar surface area (TPSA) is 66.5 Å². The number of carbonyl (C=O) groups is 1. The van der Waals surface area contributed by atoms with Crippen LogP contribution in [0, 0.1) is 12.8 Å². The Balaban J connectivity index is 2.09. The lowest BCUT2D eigenvalue weighted by molar-refractivity contribution is 0.0946. The third-order valence-corrected chi connectivity index (χ3v) is 6.83. The van der Waals surface area contributed by atoms with Gasteiger partial charge in [-0.1, -0.05) is 56.8 Å². The average Bonchev–Trinajstić information content (AvgIpc) is 2.72. The first-order chi connectivity index (χ1) is 14.7. The minimum absolute atomic E-state index is 0.102.